The topological polar surface area (TPSA) is 55.8 Å². The van der Waals surface area contributed by atoms with Gasteiger partial charge in [0.1, 0.15) is 6.10 Å². The van der Waals surface area contributed by atoms with E-state index in [9.17, 15) is 9.90 Å². The Kier molecular flexibility index (Phi) is 38.3. The highest BCUT2D eigenvalue weighted by Crippen LogP contribution is 2.09. The second-order valence-electron chi connectivity index (χ2n) is 11.9. The van der Waals surface area contributed by atoms with E-state index in [1.807, 2.05) is 0 Å². The van der Waals surface area contributed by atoms with Crippen LogP contribution in [0.5, 0.6) is 0 Å². The van der Waals surface area contributed by atoms with Crippen molar-refractivity contribution in [1.29, 1.82) is 0 Å². The lowest BCUT2D eigenvalue weighted by molar-refractivity contribution is -0.154. The summed E-state index contributed by atoms with van der Waals surface area (Å²) < 4.78 is 11.0. The van der Waals surface area contributed by atoms with Gasteiger partial charge in [-0.05, 0) is 89.9 Å². The molecule has 0 heterocycles. The van der Waals surface area contributed by atoms with Crippen LogP contribution in [0.25, 0.3) is 0 Å². The van der Waals surface area contributed by atoms with Crippen molar-refractivity contribution >= 4 is 5.97 Å². The van der Waals surface area contributed by atoms with Crippen LogP contribution in [0.1, 0.15) is 129 Å². The maximum absolute atomic E-state index is 12.2. The minimum absolute atomic E-state index is 0.219. The molecular weight excluding hydrogens is 604 g/mol. The fourth-order valence-corrected chi connectivity index (χ4v) is 4.53. The molecule has 0 aliphatic carbocycles. The highest BCUT2D eigenvalue weighted by Gasteiger charge is 2.13. The second kappa shape index (κ2) is 41.0. The zero-order chi connectivity index (χ0) is 35.6. The van der Waals surface area contributed by atoms with E-state index < -0.39 is 6.10 Å². The monoisotopic (exact) mass is 675 g/mol. The van der Waals surface area contributed by atoms with Gasteiger partial charge in [0.25, 0.3) is 0 Å². The van der Waals surface area contributed by atoms with E-state index in [4.69, 9.17) is 9.47 Å². The van der Waals surface area contributed by atoms with E-state index in [1.54, 1.807) is 0 Å². The van der Waals surface area contributed by atoms with Gasteiger partial charge in [-0.1, -0.05) is 155 Å². The van der Waals surface area contributed by atoms with Crippen LogP contribution in [0.3, 0.4) is 0 Å². The van der Waals surface area contributed by atoms with Crippen molar-refractivity contribution in [3.05, 3.63) is 122 Å². The van der Waals surface area contributed by atoms with E-state index >= 15 is 0 Å². The number of allylic oxidation sites excluding steroid dienone is 19. The van der Waals surface area contributed by atoms with E-state index in [2.05, 4.69) is 135 Å². The molecule has 0 aromatic heterocycles. The van der Waals surface area contributed by atoms with Crippen molar-refractivity contribution in [3.63, 3.8) is 0 Å². The molecule has 1 unspecified atom stereocenters. The fourth-order valence-electron chi connectivity index (χ4n) is 4.53. The van der Waals surface area contributed by atoms with Crippen LogP contribution in [0.15, 0.2) is 122 Å². The number of aliphatic hydroxyl groups is 1. The molecule has 0 saturated heterocycles. The number of unbranched alkanes of at least 4 members (excludes halogenated alkanes) is 5. The molecular formula is C45H70O4. The predicted octanol–water partition coefficient (Wildman–Crippen LogP) is 12.5. The summed E-state index contributed by atoms with van der Waals surface area (Å²) in [4.78, 5) is 12.2. The molecule has 4 nitrogen and oxygen atoms in total. The minimum atomic E-state index is -0.593. The lowest BCUT2D eigenvalue weighted by Crippen LogP contribution is -2.27. The summed E-state index contributed by atoms with van der Waals surface area (Å²) in [5.41, 5.74) is 0. The third-order valence-electron chi connectivity index (χ3n) is 7.30. The molecule has 0 fully saturated rings. The van der Waals surface area contributed by atoms with Crippen LogP contribution in [0.2, 0.25) is 0 Å². The Morgan fingerprint density at radius 1 is 0.490 bits per heavy atom. The average Bonchev–Trinajstić information content (AvgIpc) is 3.11. The lowest BCUT2D eigenvalue weighted by Gasteiger charge is -2.15. The third-order valence-corrected chi connectivity index (χ3v) is 7.30. The molecule has 1 atom stereocenters. The van der Waals surface area contributed by atoms with Gasteiger partial charge in [0, 0.05) is 6.42 Å². The first-order valence-electron chi connectivity index (χ1n) is 19.1. The number of rotatable bonds is 33. The van der Waals surface area contributed by atoms with E-state index in [1.165, 1.54) is 12.8 Å². The molecule has 274 valence electrons. The summed E-state index contributed by atoms with van der Waals surface area (Å²) in [6.45, 7) is 4.85. The second-order valence-corrected chi connectivity index (χ2v) is 11.9. The maximum atomic E-state index is 12.2. The smallest absolute Gasteiger partial charge is 0.306 e. The molecule has 0 aliphatic heterocycles. The zero-order valence-electron chi connectivity index (χ0n) is 31.1. The first kappa shape index (κ1) is 45.8. The van der Waals surface area contributed by atoms with Gasteiger partial charge in [0.05, 0.1) is 19.8 Å². The minimum Gasteiger partial charge on any atom is -0.457 e. The van der Waals surface area contributed by atoms with Crippen molar-refractivity contribution in [3.8, 4) is 0 Å². The summed E-state index contributed by atoms with van der Waals surface area (Å²) in [5.74, 6) is -0.251. The first-order chi connectivity index (χ1) is 24.2. The Balaban J connectivity index is 3.67. The molecule has 1 N–H and O–H groups in total. The van der Waals surface area contributed by atoms with E-state index in [0.29, 0.717) is 13.0 Å². The predicted molar refractivity (Wildman–Crippen MR) is 214 cm³/mol. The molecule has 0 rings (SSSR count). The van der Waals surface area contributed by atoms with Crippen LogP contribution >= 0.6 is 0 Å². The zero-order valence-corrected chi connectivity index (χ0v) is 31.1. The number of carbonyl (C=O) groups is 1. The number of hydrogen-bond acceptors (Lipinski definition) is 4. The van der Waals surface area contributed by atoms with Gasteiger partial charge in [-0.25, -0.2) is 0 Å². The van der Waals surface area contributed by atoms with Gasteiger partial charge in [-0.3, -0.25) is 4.79 Å². The van der Waals surface area contributed by atoms with Gasteiger partial charge in [0.15, 0.2) is 0 Å². The van der Waals surface area contributed by atoms with Gasteiger partial charge in [-0.15, -0.1) is 0 Å². The van der Waals surface area contributed by atoms with E-state index in [-0.39, 0.29) is 19.2 Å². The summed E-state index contributed by atoms with van der Waals surface area (Å²) in [6.07, 6.45) is 61.2. The normalized spacial score (nSPS) is 13.8. The first-order valence-corrected chi connectivity index (χ1v) is 19.1. The largest absolute Gasteiger partial charge is 0.457 e. The number of esters is 1. The Hall–Kier alpha value is -3.21. The molecule has 0 saturated carbocycles. The van der Waals surface area contributed by atoms with Crippen molar-refractivity contribution in [2.45, 2.75) is 136 Å². The highest BCUT2D eigenvalue weighted by molar-refractivity contribution is 5.69. The van der Waals surface area contributed by atoms with E-state index in [0.717, 1.165) is 96.3 Å². The number of carbonyl (C=O) groups excluding carboxylic acids is 1. The van der Waals surface area contributed by atoms with Crippen LogP contribution in [0.4, 0.5) is 0 Å². The summed E-state index contributed by atoms with van der Waals surface area (Å²) in [7, 11) is 0. The number of aliphatic hydroxyl groups excluding tert-OH is 1. The van der Waals surface area contributed by atoms with Gasteiger partial charge >= 0.3 is 5.97 Å². The number of ether oxygens (including phenoxy) is 2. The molecule has 0 bridgehead atoms. The lowest BCUT2D eigenvalue weighted by atomic mass is 10.1. The summed E-state index contributed by atoms with van der Waals surface area (Å²) >= 11 is 0. The molecule has 49 heavy (non-hydrogen) atoms. The Labute approximate surface area is 301 Å². The Bertz CT molecular complexity index is 1020. The van der Waals surface area contributed by atoms with Gasteiger partial charge in [-0.2, -0.15) is 0 Å². The summed E-state index contributed by atoms with van der Waals surface area (Å²) in [6, 6.07) is 0. The Morgan fingerprint density at radius 3 is 1.29 bits per heavy atom. The molecule has 0 aromatic rings. The fraction of sp³-hybridized carbons (Fsp3) is 0.533. The SMILES string of the molecule is CC/C=C\C/C=C\C/C=C\C/C=C\C/C=C\CCCCCCCC(=O)OC(CO)COCC/C=C\C/C=C\C/C=C\C/C=C\C/C=C\CC. The van der Waals surface area contributed by atoms with Crippen LogP contribution in [0, 0.1) is 0 Å². The molecule has 4 heteroatoms. The quantitative estimate of drug-likeness (QED) is 0.0428. The van der Waals surface area contributed by atoms with Crippen molar-refractivity contribution in [2.75, 3.05) is 19.8 Å². The van der Waals surface area contributed by atoms with Crippen molar-refractivity contribution in [2.24, 2.45) is 0 Å². The maximum Gasteiger partial charge on any atom is 0.306 e. The molecule has 0 aromatic carbocycles. The summed E-state index contributed by atoms with van der Waals surface area (Å²) in [5, 5.41) is 9.56. The van der Waals surface area contributed by atoms with Crippen LogP contribution in [-0.4, -0.2) is 37.0 Å². The van der Waals surface area contributed by atoms with Crippen molar-refractivity contribution in [1.82, 2.24) is 0 Å². The van der Waals surface area contributed by atoms with Gasteiger partial charge < -0.3 is 14.6 Å². The molecule has 0 radical (unpaired) electrons. The third kappa shape index (κ3) is 39.1. The van der Waals surface area contributed by atoms with Crippen LogP contribution < -0.4 is 0 Å². The van der Waals surface area contributed by atoms with Crippen LogP contribution in [-0.2, 0) is 14.3 Å². The van der Waals surface area contributed by atoms with Gasteiger partial charge in [0.2, 0.25) is 0 Å². The Morgan fingerprint density at radius 2 is 0.857 bits per heavy atom. The molecule has 0 amide bonds. The average molecular weight is 675 g/mol. The molecule has 0 spiro atoms. The number of hydrogen-bond donors (Lipinski definition) is 1. The molecule has 0 aliphatic rings. The highest BCUT2D eigenvalue weighted by atomic mass is 16.6. The van der Waals surface area contributed by atoms with Crippen molar-refractivity contribution < 1.29 is 19.4 Å². The standard InChI is InChI=1S/C45H70O4/c1-3-5-7-9-11-13-15-17-19-21-22-23-24-25-26-28-30-32-34-36-38-40-45(47)49-44(42-46)43-48-41-39-37-35-33-31-29-27-20-18-16-14-12-10-8-6-4-2/h5-8,11-14,17-20,22-23,25-26,29,31,35,37,44,46H,3-4,9-10,15-16,21,24,27-28,30,32-34,36,38-43H2,1-2H3/b7-5-,8-6-,13-11-,14-12-,19-17-,20-18-,23-22-,26-25-,31-29-,37-35-.